The van der Waals surface area contributed by atoms with Gasteiger partial charge in [0.1, 0.15) is 23.9 Å². The molecule has 144 valence electrons. The number of benzene rings is 2. The second-order valence-electron chi connectivity index (χ2n) is 5.84. The van der Waals surface area contributed by atoms with Gasteiger partial charge in [-0.2, -0.15) is 5.10 Å². The highest BCUT2D eigenvalue weighted by atomic mass is 19.1. The maximum Gasteiger partial charge on any atom is 0.267 e. The molecule has 28 heavy (non-hydrogen) atoms. The molecule has 2 aromatic carbocycles. The summed E-state index contributed by atoms with van der Waals surface area (Å²) in [7, 11) is 3.06. The van der Waals surface area contributed by atoms with E-state index in [1.165, 1.54) is 38.5 Å². The van der Waals surface area contributed by atoms with Gasteiger partial charge in [-0.15, -0.1) is 0 Å². The van der Waals surface area contributed by atoms with Crippen LogP contribution in [0.5, 0.6) is 11.5 Å². The molecule has 0 unspecified atom stereocenters. The molecule has 3 aromatic rings. The van der Waals surface area contributed by atoms with Gasteiger partial charge in [-0.3, -0.25) is 9.59 Å². The van der Waals surface area contributed by atoms with Crippen molar-refractivity contribution in [2.45, 2.75) is 6.54 Å². The van der Waals surface area contributed by atoms with Gasteiger partial charge in [0, 0.05) is 17.3 Å². The van der Waals surface area contributed by atoms with Crippen molar-refractivity contribution >= 4 is 11.6 Å². The first-order valence-electron chi connectivity index (χ1n) is 8.36. The molecule has 7 nitrogen and oxygen atoms in total. The Hall–Kier alpha value is -3.68. The molecule has 0 aliphatic carbocycles. The van der Waals surface area contributed by atoms with Crippen LogP contribution in [0.25, 0.3) is 11.3 Å². The maximum absolute atomic E-state index is 13.2. The Morgan fingerprint density at radius 2 is 1.93 bits per heavy atom. The van der Waals surface area contributed by atoms with Crippen LogP contribution < -0.4 is 20.3 Å². The van der Waals surface area contributed by atoms with Gasteiger partial charge in [0.2, 0.25) is 5.91 Å². The van der Waals surface area contributed by atoms with Crippen molar-refractivity contribution in [2.24, 2.45) is 0 Å². The predicted molar refractivity (Wildman–Crippen MR) is 102 cm³/mol. The zero-order chi connectivity index (χ0) is 20.1. The van der Waals surface area contributed by atoms with Crippen molar-refractivity contribution in [1.29, 1.82) is 0 Å². The molecule has 0 atom stereocenters. The zero-order valence-corrected chi connectivity index (χ0v) is 15.3. The van der Waals surface area contributed by atoms with E-state index in [-0.39, 0.29) is 6.54 Å². The lowest BCUT2D eigenvalue weighted by molar-refractivity contribution is -0.117. The Labute approximate surface area is 160 Å². The van der Waals surface area contributed by atoms with E-state index < -0.39 is 17.3 Å². The average Bonchev–Trinajstić information content (AvgIpc) is 2.69. The first-order chi connectivity index (χ1) is 13.5. The van der Waals surface area contributed by atoms with E-state index in [9.17, 15) is 14.0 Å². The number of rotatable bonds is 6. The summed E-state index contributed by atoms with van der Waals surface area (Å²) in [6.07, 6.45) is 0. The number of hydrogen-bond donors (Lipinski definition) is 1. The molecule has 8 heteroatoms. The fourth-order valence-electron chi connectivity index (χ4n) is 2.62. The van der Waals surface area contributed by atoms with Crippen LogP contribution in [0.2, 0.25) is 0 Å². The van der Waals surface area contributed by atoms with Gasteiger partial charge < -0.3 is 14.8 Å². The van der Waals surface area contributed by atoms with Gasteiger partial charge in [-0.25, -0.2) is 9.07 Å². The number of hydrogen-bond acceptors (Lipinski definition) is 5. The van der Waals surface area contributed by atoms with E-state index in [0.717, 1.165) is 4.68 Å². The molecule has 1 heterocycles. The lowest BCUT2D eigenvalue weighted by Gasteiger charge is -2.12. The largest absolute Gasteiger partial charge is 0.497 e. The quantitative estimate of drug-likeness (QED) is 0.708. The van der Waals surface area contributed by atoms with Crippen molar-refractivity contribution in [3.63, 3.8) is 0 Å². The Kier molecular flexibility index (Phi) is 5.69. The first kappa shape index (κ1) is 19.1. The second-order valence-corrected chi connectivity index (χ2v) is 5.84. The van der Waals surface area contributed by atoms with E-state index in [1.807, 2.05) is 0 Å². The number of nitrogens with zero attached hydrogens (tertiary/aromatic N) is 2. The third-order valence-electron chi connectivity index (χ3n) is 3.95. The Morgan fingerprint density at radius 1 is 1.11 bits per heavy atom. The molecule has 0 fully saturated rings. The molecule has 0 saturated carbocycles. The summed E-state index contributed by atoms with van der Waals surface area (Å²) in [5.74, 6) is 0.164. The van der Waals surface area contributed by atoms with Crippen LogP contribution in [0.15, 0.2) is 59.4 Å². The van der Waals surface area contributed by atoms with E-state index in [0.29, 0.717) is 28.4 Å². The summed E-state index contributed by atoms with van der Waals surface area (Å²) < 4.78 is 24.8. The minimum Gasteiger partial charge on any atom is -0.497 e. The molecule has 3 rings (SSSR count). The lowest BCUT2D eigenvalue weighted by atomic mass is 10.1. The molecule has 0 spiro atoms. The van der Waals surface area contributed by atoms with Crippen LogP contribution in [-0.2, 0) is 11.3 Å². The molecule has 1 N–H and O–H groups in total. The fourth-order valence-corrected chi connectivity index (χ4v) is 2.62. The summed E-state index contributed by atoms with van der Waals surface area (Å²) in [6, 6.07) is 13.5. The molecule has 0 aliphatic rings. The van der Waals surface area contributed by atoms with Crippen molar-refractivity contribution < 1.29 is 18.7 Å². The zero-order valence-electron chi connectivity index (χ0n) is 15.3. The Balaban J connectivity index is 1.88. The number of anilines is 1. The molecule has 0 radical (unpaired) electrons. The number of amides is 1. The molecule has 1 amide bonds. The average molecular weight is 383 g/mol. The normalized spacial score (nSPS) is 10.4. The molecule has 0 saturated heterocycles. The van der Waals surface area contributed by atoms with Gasteiger partial charge in [0.25, 0.3) is 5.56 Å². The van der Waals surface area contributed by atoms with E-state index in [4.69, 9.17) is 9.47 Å². The molecule has 0 aliphatic heterocycles. The van der Waals surface area contributed by atoms with E-state index in [2.05, 4.69) is 10.4 Å². The standard InChI is InChI=1S/C20H18FN3O4/c1-27-15-6-8-18(28-2)16(11-15)17-7-9-20(26)24(23-17)12-19(25)22-14-5-3-4-13(21)10-14/h3-11H,12H2,1-2H3,(H,22,25). The van der Waals surface area contributed by atoms with Gasteiger partial charge >= 0.3 is 0 Å². The van der Waals surface area contributed by atoms with Crippen LogP contribution in [0.4, 0.5) is 10.1 Å². The lowest BCUT2D eigenvalue weighted by Crippen LogP contribution is -2.29. The smallest absolute Gasteiger partial charge is 0.267 e. The SMILES string of the molecule is COc1ccc(OC)c(-c2ccc(=O)n(CC(=O)Nc3cccc(F)c3)n2)c1. The van der Waals surface area contributed by atoms with Gasteiger partial charge in [0.05, 0.1) is 19.9 Å². The van der Waals surface area contributed by atoms with Crippen LogP contribution in [0.1, 0.15) is 0 Å². The topological polar surface area (TPSA) is 82.5 Å². The fraction of sp³-hybridized carbons (Fsp3) is 0.150. The van der Waals surface area contributed by atoms with E-state index in [1.54, 1.807) is 30.3 Å². The van der Waals surface area contributed by atoms with Crippen molar-refractivity contribution in [2.75, 3.05) is 19.5 Å². The monoisotopic (exact) mass is 383 g/mol. The number of carbonyl (C=O) groups excluding carboxylic acids is 1. The molecular formula is C20H18FN3O4. The molecule has 1 aromatic heterocycles. The number of methoxy groups -OCH3 is 2. The highest BCUT2D eigenvalue weighted by Gasteiger charge is 2.13. The minimum atomic E-state index is -0.505. The van der Waals surface area contributed by atoms with Crippen LogP contribution in [0, 0.1) is 5.82 Å². The van der Waals surface area contributed by atoms with Crippen LogP contribution in [0.3, 0.4) is 0 Å². The predicted octanol–water partition coefficient (Wildman–Crippen LogP) is 2.71. The van der Waals surface area contributed by atoms with Crippen LogP contribution >= 0.6 is 0 Å². The number of ether oxygens (including phenoxy) is 2. The number of halogens is 1. The first-order valence-corrected chi connectivity index (χ1v) is 8.36. The number of aromatic nitrogens is 2. The van der Waals surface area contributed by atoms with Crippen molar-refractivity contribution in [3.8, 4) is 22.8 Å². The summed E-state index contributed by atoms with van der Waals surface area (Å²) >= 11 is 0. The van der Waals surface area contributed by atoms with E-state index >= 15 is 0 Å². The minimum absolute atomic E-state index is 0.295. The molecule has 0 bridgehead atoms. The number of carbonyl (C=O) groups is 1. The third kappa shape index (κ3) is 4.35. The second kappa shape index (κ2) is 8.34. The van der Waals surface area contributed by atoms with Crippen LogP contribution in [-0.4, -0.2) is 29.9 Å². The maximum atomic E-state index is 13.2. The number of nitrogens with one attached hydrogen (secondary N) is 1. The summed E-state index contributed by atoms with van der Waals surface area (Å²) in [5.41, 5.74) is 0.902. The van der Waals surface area contributed by atoms with Crippen molar-refractivity contribution in [1.82, 2.24) is 9.78 Å². The Morgan fingerprint density at radius 3 is 2.64 bits per heavy atom. The summed E-state index contributed by atoms with van der Waals surface area (Å²) in [6.45, 7) is -0.324. The van der Waals surface area contributed by atoms with Gasteiger partial charge in [-0.05, 0) is 42.5 Å². The highest BCUT2D eigenvalue weighted by molar-refractivity contribution is 5.90. The molecular weight excluding hydrogens is 365 g/mol. The van der Waals surface area contributed by atoms with Gasteiger partial charge in [0.15, 0.2) is 0 Å². The van der Waals surface area contributed by atoms with Gasteiger partial charge in [-0.1, -0.05) is 6.07 Å². The third-order valence-corrected chi connectivity index (χ3v) is 3.95. The Bertz CT molecular complexity index is 1070. The summed E-state index contributed by atoms with van der Waals surface area (Å²) in [4.78, 5) is 24.4. The summed E-state index contributed by atoms with van der Waals surface area (Å²) in [5, 5.41) is 6.79. The highest BCUT2D eigenvalue weighted by Crippen LogP contribution is 2.31. The van der Waals surface area contributed by atoms with Crippen molar-refractivity contribution in [3.05, 3.63) is 70.8 Å².